The van der Waals surface area contributed by atoms with Crippen LogP contribution in [0, 0.1) is 0 Å². The highest BCUT2D eigenvalue weighted by molar-refractivity contribution is 6.30. The lowest BCUT2D eigenvalue weighted by Gasteiger charge is -2.03. The minimum absolute atomic E-state index is 0.0349. The van der Waals surface area contributed by atoms with Crippen LogP contribution in [0.15, 0.2) is 24.7 Å². The Kier molecular flexibility index (Phi) is 3.99. The van der Waals surface area contributed by atoms with Crippen LogP contribution in [0.2, 0.25) is 5.02 Å². The van der Waals surface area contributed by atoms with Crippen LogP contribution in [0.4, 0.5) is 0 Å². The van der Waals surface area contributed by atoms with Gasteiger partial charge in [-0.05, 0) is 6.07 Å². The van der Waals surface area contributed by atoms with Crippen molar-refractivity contribution in [3.8, 4) is 0 Å². The molecule has 2 rings (SSSR count). The van der Waals surface area contributed by atoms with Crippen LogP contribution in [0.1, 0.15) is 12.1 Å². The maximum Gasteiger partial charge on any atom is 0.222 e. The van der Waals surface area contributed by atoms with E-state index in [1.54, 1.807) is 21.8 Å². The summed E-state index contributed by atoms with van der Waals surface area (Å²) in [6.45, 7) is 0.959. The summed E-state index contributed by atoms with van der Waals surface area (Å²) in [5.41, 5.74) is 0.841. The second kappa shape index (κ2) is 5.68. The summed E-state index contributed by atoms with van der Waals surface area (Å²) in [7, 11) is 1.84. The Morgan fingerprint density at radius 3 is 3.00 bits per heavy atom. The SMILES string of the molecule is Cn1ccc(CNC(=O)CCn2cc(Cl)cn2)n1. The van der Waals surface area contributed by atoms with Gasteiger partial charge in [0, 0.05) is 32.4 Å². The van der Waals surface area contributed by atoms with E-state index in [9.17, 15) is 4.79 Å². The Morgan fingerprint density at radius 1 is 1.56 bits per heavy atom. The number of aryl methyl sites for hydroxylation is 2. The first kappa shape index (κ1) is 12.6. The third-order valence-corrected chi connectivity index (χ3v) is 2.60. The van der Waals surface area contributed by atoms with Gasteiger partial charge in [-0.2, -0.15) is 10.2 Å². The van der Waals surface area contributed by atoms with E-state index in [2.05, 4.69) is 15.5 Å². The van der Waals surface area contributed by atoms with E-state index in [4.69, 9.17) is 11.6 Å². The predicted molar refractivity (Wildman–Crippen MR) is 66.9 cm³/mol. The van der Waals surface area contributed by atoms with E-state index < -0.39 is 0 Å². The largest absolute Gasteiger partial charge is 0.350 e. The van der Waals surface area contributed by atoms with E-state index in [1.807, 2.05) is 19.3 Å². The second-order valence-electron chi connectivity index (χ2n) is 3.93. The molecule has 18 heavy (non-hydrogen) atoms. The van der Waals surface area contributed by atoms with Gasteiger partial charge in [0.05, 0.1) is 23.5 Å². The molecule has 0 bridgehead atoms. The average molecular weight is 268 g/mol. The molecule has 0 saturated carbocycles. The third kappa shape index (κ3) is 3.59. The maximum absolute atomic E-state index is 11.6. The molecule has 0 aliphatic heterocycles. The highest BCUT2D eigenvalue weighted by Gasteiger charge is 2.04. The summed E-state index contributed by atoms with van der Waals surface area (Å²) < 4.78 is 3.34. The first-order valence-electron chi connectivity index (χ1n) is 5.56. The van der Waals surface area contributed by atoms with Crippen LogP contribution in [-0.4, -0.2) is 25.5 Å². The molecule has 0 fully saturated rings. The summed E-state index contributed by atoms with van der Waals surface area (Å²) in [6, 6.07) is 1.87. The molecule has 7 heteroatoms. The van der Waals surface area contributed by atoms with Gasteiger partial charge in [-0.1, -0.05) is 11.6 Å². The van der Waals surface area contributed by atoms with Crippen LogP contribution < -0.4 is 5.32 Å². The average Bonchev–Trinajstić information content (AvgIpc) is 2.93. The number of hydrogen-bond donors (Lipinski definition) is 1. The molecule has 0 spiro atoms. The molecular formula is C11H14ClN5O. The van der Waals surface area contributed by atoms with Crippen molar-refractivity contribution in [2.45, 2.75) is 19.5 Å². The highest BCUT2D eigenvalue weighted by Crippen LogP contribution is 2.04. The van der Waals surface area contributed by atoms with E-state index in [1.165, 1.54) is 0 Å². The van der Waals surface area contributed by atoms with Gasteiger partial charge >= 0.3 is 0 Å². The summed E-state index contributed by atoms with van der Waals surface area (Å²) in [4.78, 5) is 11.6. The Bertz CT molecular complexity index is 487. The zero-order chi connectivity index (χ0) is 13.0. The van der Waals surface area contributed by atoms with Gasteiger partial charge in [0.1, 0.15) is 0 Å². The van der Waals surface area contributed by atoms with Crippen LogP contribution in [-0.2, 0) is 24.9 Å². The molecule has 2 aromatic rings. The zero-order valence-corrected chi connectivity index (χ0v) is 10.8. The molecule has 0 aromatic carbocycles. The van der Waals surface area contributed by atoms with Crippen molar-refractivity contribution < 1.29 is 4.79 Å². The molecule has 0 aliphatic rings. The molecule has 0 saturated heterocycles. The van der Waals surface area contributed by atoms with Crippen molar-refractivity contribution in [3.05, 3.63) is 35.4 Å². The van der Waals surface area contributed by atoms with Crippen LogP contribution >= 0.6 is 11.6 Å². The number of nitrogens with one attached hydrogen (secondary N) is 1. The van der Waals surface area contributed by atoms with Gasteiger partial charge in [-0.15, -0.1) is 0 Å². The molecule has 96 valence electrons. The molecule has 0 atom stereocenters. The van der Waals surface area contributed by atoms with Gasteiger partial charge in [0.15, 0.2) is 0 Å². The summed E-state index contributed by atoms with van der Waals surface area (Å²) in [5.74, 6) is -0.0349. The molecule has 1 amide bonds. The normalized spacial score (nSPS) is 10.6. The highest BCUT2D eigenvalue weighted by atomic mass is 35.5. The number of amides is 1. The first-order valence-corrected chi connectivity index (χ1v) is 5.94. The van der Waals surface area contributed by atoms with Crippen molar-refractivity contribution in [1.29, 1.82) is 0 Å². The summed E-state index contributed by atoms with van der Waals surface area (Å²) in [5, 5.41) is 11.5. The predicted octanol–water partition coefficient (Wildman–Crippen LogP) is 0.976. The van der Waals surface area contributed by atoms with E-state index >= 15 is 0 Å². The maximum atomic E-state index is 11.6. The fraction of sp³-hybridized carbons (Fsp3) is 0.364. The van der Waals surface area contributed by atoms with E-state index in [0.717, 1.165) is 5.69 Å². The minimum atomic E-state index is -0.0349. The second-order valence-corrected chi connectivity index (χ2v) is 4.37. The lowest BCUT2D eigenvalue weighted by Crippen LogP contribution is -2.24. The van der Waals surface area contributed by atoms with Gasteiger partial charge in [-0.3, -0.25) is 14.2 Å². The number of rotatable bonds is 5. The number of nitrogens with zero attached hydrogens (tertiary/aromatic N) is 4. The number of carbonyl (C=O) groups is 1. The molecule has 0 unspecified atom stereocenters. The van der Waals surface area contributed by atoms with Crippen LogP contribution in [0.3, 0.4) is 0 Å². The van der Waals surface area contributed by atoms with Crippen molar-refractivity contribution in [3.63, 3.8) is 0 Å². The van der Waals surface area contributed by atoms with Crippen molar-refractivity contribution in [2.24, 2.45) is 7.05 Å². The van der Waals surface area contributed by atoms with Gasteiger partial charge in [0.25, 0.3) is 0 Å². The molecule has 0 aliphatic carbocycles. The smallest absolute Gasteiger partial charge is 0.222 e. The molecule has 6 nitrogen and oxygen atoms in total. The fourth-order valence-corrected chi connectivity index (χ4v) is 1.67. The summed E-state index contributed by atoms with van der Waals surface area (Å²) >= 11 is 5.72. The Morgan fingerprint density at radius 2 is 2.39 bits per heavy atom. The van der Waals surface area contributed by atoms with E-state index in [-0.39, 0.29) is 5.91 Å². The fourth-order valence-electron chi connectivity index (χ4n) is 1.51. The standard InChI is InChI=1S/C11H14ClN5O/c1-16-4-2-10(15-16)7-13-11(18)3-5-17-8-9(12)6-14-17/h2,4,6,8H,3,5,7H2,1H3,(H,13,18). The zero-order valence-electron chi connectivity index (χ0n) is 10.0. The summed E-state index contributed by atoms with van der Waals surface area (Å²) in [6.07, 6.45) is 5.44. The number of hydrogen-bond acceptors (Lipinski definition) is 3. The van der Waals surface area contributed by atoms with Crippen molar-refractivity contribution >= 4 is 17.5 Å². The Labute approximate surface area is 110 Å². The third-order valence-electron chi connectivity index (χ3n) is 2.41. The lowest BCUT2D eigenvalue weighted by atomic mass is 10.3. The minimum Gasteiger partial charge on any atom is -0.350 e. The topological polar surface area (TPSA) is 64.7 Å². The molecule has 1 N–H and O–H groups in total. The van der Waals surface area contributed by atoms with Crippen LogP contribution in [0.5, 0.6) is 0 Å². The quantitative estimate of drug-likeness (QED) is 0.878. The molecule has 2 heterocycles. The first-order chi connectivity index (χ1) is 8.63. The van der Waals surface area contributed by atoms with Gasteiger partial charge < -0.3 is 5.32 Å². The van der Waals surface area contributed by atoms with E-state index in [0.29, 0.717) is 24.5 Å². The van der Waals surface area contributed by atoms with Crippen LogP contribution in [0.25, 0.3) is 0 Å². The number of carbonyl (C=O) groups excluding carboxylic acids is 1. The molecule has 2 aromatic heterocycles. The Hall–Kier alpha value is -1.82. The van der Waals surface area contributed by atoms with Gasteiger partial charge in [-0.25, -0.2) is 0 Å². The van der Waals surface area contributed by atoms with Gasteiger partial charge in [0.2, 0.25) is 5.91 Å². The molecule has 0 radical (unpaired) electrons. The molecular weight excluding hydrogens is 254 g/mol. The monoisotopic (exact) mass is 267 g/mol. The number of halogens is 1. The lowest BCUT2D eigenvalue weighted by molar-refractivity contribution is -0.121. The van der Waals surface area contributed by atoms with Crippen molar-refractivity contribution in [2.75, 3.05) is 0 Å². The number of aromatic nitrogens is 4. The Balaban J connectivity index is 1.72. The van der Waals surface area contributed by atoms with Crippen molar-refractivity contribution in [1.82, 2.24) is 24.9 Å².